The molecular weight excluding hydrogens is 450 g/mol. The number of rotatable bonds is 4. The highest BCUT2D eigenvalue weighted by molar-refractivity contribution is 9.10. The summed E-state index contributed by atoms with van der Waals surface area (Å²) in [5.41, 5.74) is 2.44. The molecule has 2 heterocycles. The fourth-order valence-electron chi connectivity index (χ4n) is 4.41. The highest BCUT2D eigenvalue weighted by atomic mass is 79.9. The van der Waals surface area contributed by atoms with Crippen LogP contribution in [-0.4, -0.2) is 55.0 Å². The van der Waals surface area contributed by atoms with Crippen LogP contribution in [-0.2, 0) is 11.3 Å². The van der Waals surface area contributed by atoms with Gasteiger partial charge in [0.05, 0.1) is 5.92 Å². The Morgan fingerprint density at radius 3 is 2.59 bits per heavy atom. The summed E-state index contributed by atoms with van der Waals surface area (Å²) in [6, 6.07) is 16.4. The molecule has 0 N–H and O–H groups in total. The number of anilines is 1. The zero-order valence-electron chi connectivity index (χ0n) is 16.6. The van der Waals surface area contributed by atoms with Gasteiger partial charge in [-0.2, -0.15) is 0 Å². The van der Waals surface area contributed by atoms with E-state index in [1.165, 1.54) is 5.56 Å². The summed E-state index contributed by atoms with van der Waals surface area (Å²) < 4.78 is 1.11. The number of benzene rings is 2. The number of hydrogen-bond donors (Lipinski definition) is 0. The second kappa shape index (κ2) is 9.50. The SMILES string of the molecule is O=C(C1CCCN(Cc2cccc(Br)c2)C1)N1CCN(c2cccc(Cl)c2)CC1. The number of piperidine rings is 1. The lowest BCUT2D eigenvalue weighted by atomic mass is 9.95. The lowest BCUT2D eigenvalue weighted by Gasteiger charge is -2.39. The topological polar surface area (TPSA) is 26.8 Å². The monoisotopic (exact) mass is 475 g/mol. The minimum atomic E-state index is 0.119. The first-order chi connectivity index (χ1) is 14.1. The van der Waals surface area contributed by atoms with Crippen molar-refractivity contribution in [3.05, 3.63) is 63.6 Å². The molecule has 29 heavy (non-hydrogen) atoms. The highest BCUT2D eigenvalue weighted by Crippen LogP contribution is 2.24. The maximum atomic E-state index is 13.2. The molecule has 2 fully saturated rings. The van der Waals surface area contributed by atoms with E-state index in [1.807, 2.05) is 18.2 Å². The molecule has 1 unspecified atom stereocenters. The second-order valence-electron chi connectivity index (χ2n) is 8.00. The van der Waals surface area contributed by atoms with Crippen LogP contribution in [0, 0.1) is 5.92 Å². The number of carbonyl (C=O) groups excluding carboxylic acids is 1. The predicted molar refractivity (Wildman–Crippen MR) is 122 cm³/mol. The van der Waals surface area contributed by atoms with Gasteiger partial charge in [-0.15, -0.1) is 0 Å². The van der Waals surface area contributed by atoms with Crippen molar-refractivity contribution >= 4 is 39.1 Å². The molecule has 154 valence electrons. The van der Waals surface area contributed by atoms with Crippen LogP contribution in [0.3, 0.4) is 0 Å². The largest absolute Gasteiger partial charge is 0.368 e. The van der Waals surface area contributed by atoms with Crippen molar-refractivity contribution in [1.82, 2.24) is 9.80 Å². The van der Waals surface area contributed by atoms with Crippen molar-refractivity contribution in [3.63, 3.8) is 0 Å². The summed E-state index contributed by atoms with van der Waals surface area (Å²) in [6.07, 6.45) is 2.09. The molecule has 2 saturated heterocycles. The summed E-state index contributed by atoms with van der Waals surface area (Å²) in [7, 11) is 0. The average molecular weight is 477 g/mol. The Morgan fingerprint density at radius 2 is 1.83 bits per heavy atom. The van der Waals surface area contributed by atoms with Crippen molar-refractivity contribution in [3.8, 4) is 0 Å². The van der Waals surface area contributed by atoms with Crippen molar-refractivity contribution in [2.75, 3.05) is 44.2 Å². The van der Waals surface area contributed by atoms with Gasteiger partial charge in [-0.25, -0.2) is 0 Å². The molecular formula is C23H27BrClN3O. The highest BCUT2D eigenvalue weighted by Gasteiger charge is 2.31. The van der Waals surface area contributed by atoms with E-state index in [0.717, 1.165) is 73.8 Å². The summed E-state index contributed by atoms with van der Waals surface area (Å²) in [4.78, 5) is 20.0. The Balaban J connectivity index is 1.31. The van der Waals surface area contributed by atoms with Gasteiger partial charge in [0.25, 0.3) is 0 Å². The molecule has 0 radical (unpaired) electrons. The Hall–Kier alpha value is -1.56. The van der Waals surface area contributed by atoms with Crippen LogP contribution in [0.5, 0.6) is 0 Å². The van der Waals surface area contributed by atoms with E-state index in [4.69, 9.17) is 11.6 Å². The number of piperazine rings is 1. The third-order valence-corrected chi connectivity index (χ3v) is 6.64. The zero-order chi connectivity index (χ0) is 20.2. The minimum absolute atomic E-state index is 0.119. The van der Waals surface area contributed by atoms with Gasteiger partial charge in [0, 0.05) is 54.5 Å². The molecule has 0 aromatic heterocycles. The third kappa shape index (κ3) is 5.33. The molecule has 1 atom stereocenters. The summed E-state index contributed by atoms with van der Waals surface area (Å²) in [5, 5.41) is 0.758. The lowest BCUT2D eigenvalue weighted by molar-refractivity contribution is -0.137. The number of nitrogens with zero attached hydrogens (tertiary/aromatic N) is 3. The molecule has 0 saturated carbocycles. The molecule has 0 spiro atoms. The van der Waals surface area contributed by atoms with E-state index in [9.17, 15) is 4.79 Å². The van der Waals surface area contributed by atoms with Crippen LogP contribution in [0.4, 0.5) is 5.69 Å². The Morgan fingerprint density at radius 1 is 1.03 bits per heavy atom. The molecule has 4 rings (SSSR count). The lowest BCUT2D eigenvalue weighted by Crippen LogP contribution is -2.52. The van der Waals surface area contributed by atoms with Gasteiger partial charge in [-0.05, 0) is 55.3 Å². The first-order valence-electron chi connectivity index (χ1n) is 10.3. The van der Waals surface area contributed by atoms with Crippen LogP contribution in [0.1, 0.15) is 18.4 Å². The minimum Gasteiger partial charge on any atom is -0.368 e. The molecule has 2 aromatic carbocycles. The van der Waals surface area contributed by atoms with Crippen LogP contribution in [0.15, 0.2) is 53.0 Å². The van der Waals surface area contributed by atoms with Crippen LogP contribution in [0.2, 0.25) is 5.02 Å². The number of hydrogen-bond acceptors (Lipinski definition) is 3. The van der Waals surface area contributed by atoms with Gasteiger partial charge in [0.15, 0.2) is 0 Å². The quantitative estimate of drug-likeness (QED) is 0.642. The van der Waals surface area contributed by atoms with Gasteiger partial charge in [-0.1, -0.05) is 45.7 Å². The van der Waals surface area contributed by atoms with E-state index >= 15 is 0 Å². The number of amides is 1. The Labute approximate surface area is 186 Å². The standard InChI is InChI=1S/C23H27BrClN3O/c24-20-6-1-4-18(14-20)16-26-9-3-5-19(17-26)23(29)28-12-10-27(11-13-28)22-8-2-7-21(25)15-22/h1-2,4,6-8,14-15,19H,3,5,9-13,16-17H2. The van der Waals surface area contributed by atoms with E-state index in [-0.39, 0.29) is 5.92 Å². The maximum Gasteiger partial charge on any atom is 0.227 e. The predicted octanol–water partition coefficient (Wildman–Crippen LogP) is 4.66. The van der Waals surface area contributed by atoms with Crippen molar-refractivity contribution in [2.45, 2.75) is 19.4 Å². The van der Waals surface area contributed by atoms with Crippen LogP contribution in [0.25, 0.3) is 0 Å². The van der Waals surface area contributed by atoms with Gasteiger partial charge in [0.2, 0.25) is 5.91 Å². The summed E-state index contributed by atoms with van der Waals surface area (Å²) >= 11 is 9.68. The number of likely N-dealkylation sites (tertiary alicyclic amines) is 1. The van der Waals surface area contributed by atoms with E-state index in [0.29, 0.717) is 5.91 Å². The summed E-state index contributed by atoms with van der Waals surface area (Å²) in [6.45, 7) is 6.13. The number of halogens is 2. The van der Waals surface area contributed by atoms with Gasteiger partial charge >= 0.3 is 0 Å². The van der Waals surface area contributed by atoms with E-state index in [1.54, 1.807) is 0 Å². The smallest absolute Gasteiger partial charge is 0.227 e. The molecule has 1 amide bonds. The molecule has 0 bridgehead atoms. The fourth-order valence-corrected chi connectivity index (χ4v) is 5.04. The Bertz CT molecular complexity index is 854. The van der Waals surface area contributed by atoms with Crippen molar-refractivity contribution in [2.24, 2.45) is 5.92 Å². The molecule has 4 nitrogen and oxygen atoms in total. The average Bonchev–Trinajstić information content (AvgIpc) is 2.74. The molecule has 2 aromatic rings. The first kappa shape index (κ1) is 20.7. The van der Waals surface area contributed by atoms with E-state index in [2.05, 4.69) is 61.0 Å². The normalized spacial score (nSPS) is 20.7. The number of carbonyl (C=O) groups is 1. The van der Waals surface area contributed by atoms with Crippen LogP contribution >= 0.6 is 27.5 Å². The van der Waals surface area contributed by atoms with Gasteiger partial charge in [0.1, 0.15) is 0 Å². The van der Waals surface area contributed by atoms with Crippen molar-refractivity contribution < 1.29 is 4.79 Å². The second-order valence-corrected chi connectivity index (χ2v) is 9.35. The van der Waals surface area contributed by atoms with Gasteiger partial charge < -0.3 is 9.80 Å². The first-order valence-corrected chi connectivity index (χ1v) is 11.5. The zero-order valence-corrected chi connectivity index (χ0v) is 18.9. The maximum absolute atomic E-state index is 13.2. The molecule has 2 aliphatic heterocycles. The van der Waals surface area contributed by atoms with E-state index < -0.39 is 0 Å². The van der Waals surface area contributed by atoms with Gasteiger partial charge in [-0.3, -0.25) is 9.69 Å². The van der Waals surface area contributed by atoms with Crippen molar-refractivity contribution in [1.29, 1.82) is 0 Å². The van der Waals surface area contributed by atoms with Crippen LogP contribution < -0.4 is 4.90 Å². The molecule has 0 aliphatic carbocycles. The fraction of sp³-hybridized carbons (Fsp3) is 0.435. The molecule has 2 aliphatic rings. The summed E-state index contributed by atoms with van der Waals surface area (Å²) in [5.74, 6) is 0.448. The third-order valence-electron chi connectivity index (χ3n) is 5.91. The Kier molecular flexibility index (Phi) is 6.78. The molecule has 6 heteroatoms.